The second-order valence-corrected chi connectivity index (χ2v) is 4.01. The van der Waals surface area contributed by atoms with Crippen molar-refractivity contribution in [2.45, 2.75) is 51.7 Å². The van der Waals surface area contributed by atoms with Crippen LogP contribution in [0.1, 0.15) is 44.3 Å². The summed E-state index contributed by atoms with van der Waals surface area (Å²) < 4.78 is 10.6. The van der Waals surface area contributed by atoms with E-state index in [1.807, 2.05) is 6.92 Å². The highest BCUT2D eigenvalue weighted by molar-refractivity contribution is 5.79. The van der Waals surface area contributed by atoms with Crippen LogP contribution < -0.4 is 0 Å². The number of nitrogens with zero attached hydrogens (tertiary/aromatic N) is 2. The average molecular weight is 224 g/mol. The number of carbonyl (C=O) groups is 1. The number of Topliss-reactive ketones (excluding diaryl/α,β-unsaturated/α-hetero) is 1. The standard InChI is InChI=1S/C11H16N2O3/c1-2-11-12-10(13-16-11)7-15-9-5-3-8(14)4-6-9/h9H,2-7H2,1H3. The van der Waals surface area contributed by atoms with E-state index in [1.165, 1.54) is 0 Å². The Morgan fingerprint density at radius 1 is 1.44 bits per heavy atom. The highest BCUT2D eigenvalue weighted by Gasteiger charge is 2.19. The van der Waals surface area contributed by atoms with Gasteiger partial charge in [-0.15, -0.1) is 0 Å². The van der Waals surface area contributed by atoms with Gasteiger partial charge < -0.3 is 9.26 Å². The number of hydrogen-bond donors (Lipinski definition) is 0. The Balaban J connectivity index is 1.76. The summed E-state index contributed by atoms with van der Waals surface area (Å²) in [5, 5.41) is 3.81. The summed E-state index contributed by atoms with van der Waals surface area (Å²) >= 11 is 0. The highest BCUT2D eigenvalue weighted by atomic mass is 16.5. The zero-order valence-electron chi connectivity index (χ0n) is 9.44. The van der Waals surface area contributed by atoms with Gasteiger partial charge in [0.25, 0.3) is 0 Å². The molecule has 1 aliphatic rings. The molecule has 1 fully saturated rings. The summed E-state index contributed by atoms with van der Waals surface area (Å²) in [7, 11) is 0. The van der Waals surface area contributed by atoms with Gasteiger partial charge in [0.05, 0.1) is 6.10 Å². The zero-order chi connectivity index (χ0) is 11.4. The normalized spacial score (nSPS) is 17.9. The number of carbonyl (C=O) groups excluding carboxylic acids is 1. The number of rotatable bonds is 4. The van der Waals surface area contributed by atoms with Crippen LogP contribution in [0.5, 0.6) is 0 Å². The van der Waals surface area contributed by atoms with E-state index in [2.05, 4.69) is 10.1 Å². The molecular formula is C11H16N2O3. The Labute approximate surface area is 94.2 Å². The molecule has 88 valence electrons. The summed E-state index contributed by atoms with van der Waals surface area (Å²) in [6, 6.07) is 0. The van der Waals surface area contributed by atoms with Crippen molar-refractivity contribution in [2.24, 2.45) is 0 Å². The SMILES string of the molecule is CCc1nc(COC2CCC(=O)CC2)no1. The molecule has 5 nitrogen and oxygen atoms in total. The van der Waals surface area contributed by atoms with Gasteiger partial charge in [-0.1, -0.05) is 12.1 Å². The molecule has 1 saturated carbocycles. The Hall–Kier alpha value is -1.23. The van der Waals surface area contributed by atoms with Gasteiger partial charge in [0.15, 0.2) is 5.82 Å². The van der Waals surface area contributed by atoms with Gasteiger partial charge in [-0.2, -0.15) is 4.98 Å². The number of ketones is 1. The van der Waals surface area contributed by atoms with Gasteiger partial charge in [0, 0.05) is 19.3 Å². The summed E-state index contributed by atoms with van der Waals surface area (Å²) in [6.45, 7) is 2.34. The smallest absolute Gasteiger partial charge is 0.226 e. The molecule has 5 heteroatoms. The lowest BCUT2D eigenvalue weighted by molar-refractivity contribution is -0.123. The van der Waals surface area contributed by atoms with Crippen LogP contribution >= 0.6 is 0 Å². The fraction of sp³-hybridized carbons (Fsp3) is 0.727. The second kappa shape index (κ2) is 5.21. The first-order valence-corrected chi connectivity index (χ1v) is 5.72. The van der Waals surface area contributed by atoms with E-state index in [9.17, 15) is 4.79 Å². The molecule has 0 aliphatic heterocycles. The van der Waals surface area contributed by atoms with Gasteiger partial charge in [-0.05, 0) is 12.8 Å². The minimum Gasteiger partial charge on any atom is -0.370 e. The lowest BCUT2D eigenvalue weighted by atomic mass is 9.96. The van der Waals surface area contributed by atoms with E-state index in [0.717, 1.165) is 19.3 Å². The molecule has 1 aromatic rings. The third kappa shape index (κ3) is 2.88. The molecule has 0 unspecified atom stereocenters. The average Bonchev–Trinajstić information content (AvgIpc) is 2.76. The first-order valence-electron chi connectivity index (χ1n) is 5.72. The van der Waals surface area contributed by atoms with Crippen molar-refractivity contribution >= 4 is 5.78 Å². The van der Waals surface area contributed by atoms with Gasteiger partial charge in [0.2, 0.25) is 5.89 Å². The summed E-state index contributed by atoms with van der Waals surface area (Å²) in [6.07, 6.45) is 3.81. The van der Waals surface area contributed by atoms with E-state index in [4.69, 9.17) is 9.26 Å². The van der Waals surface area contributed by atoms with Crippen LogP contribution in [0, 0.1) is 0 Å². The molecule has 0 N–H and O–H groups in total. The molecule has 0 bridgehead atoms. The number of hydrogen-bond acceptors (Lipinski definition) is 5. The van der Waals surface area contributed by atoms with Crippen LogP contribution in [0.25, 0.3) is 0 Å². The van der Waals surface area contributed by atoms with Crippen LogP contribution in [0.15, 0.2) is 4.52 Å². The third-order valence-electron chi connectivity index (χ3n) is 2.75. The number of ether oxygens (including phenoxy) is 1. The van der Waals surface area contributed by atoms with Crippen LogP contribution in [0.4, 0.5) is 0 Å². The number of aryl methyl sites for hydroxylation is 1. The highest BCUT2D eigenvalue weighted by Crippen LogP contribution is 2.18. The monoisotopic (exact) mass is 224 g/mol. The molecule has 1 aromatic heterocycles. The van der Waals surface area contributed by atoms with Crippen molar-refractivity contribution < 1.29 is 14.1 Å². The van der Waals surface area contributed by atoms with Crippen molar-refractivity contribution in [2.75, 3.05) is 0 Å². The van der Waals surface area contributed by atoms with Gasteiger partial charge >= 0.3 is 0 Å². The number of aromatic nitrogens is 2. The Morgan fingerprint density at radius 2 is 2.19 bits per heavy atom. The Morgan fingerprint density at radius 3 is 2.81 bits per heavy atom. The van der Waals surface area contributed by atoms with E-state index < -0.39 is 0 Å². The molecule has 1 aliphatic carbocycles. The van der Waals surface area contributed by atoms with Gasteiger partial charge in [-0.3, -0.25) is 4.79 Å². The van der Waals surface area contributed by atoms with E-state index in [-0.39, 0.29) is 6.10 Å². The first kappa shape index (κ1) is 11.3. The van der Waals surface area contributed by atoms with Crippen LogP contribution in [0.3, 0.4) is 0 Å². The first-order chi connectivity index (χ1) is 7.78. The van der Waals surface area contributed by atoms with Crippen molar-refractivity contribution in [3.05, 3.63) is 11.7 Å². The third-order valence-corrected chi connectivity index (χ3v) is 2.75. The van der Waals surface area contributed by atoms with Crippen molar-refractivity contribution in [3.8, 4) is 0 Å². The van der Waals surface area contributed by atoms with Crippen LogP contribution in [0.2, 0.25) is 0 Å². The quantitative estimate of drug-likeness (QED) is 0.778. The molecule has 2 rings (SSSR count). The van der Waals surface area contributed by atoms with Crippen molar-refractivity contribution in [1.82, 2.24) is 10.1 Å². The van der Waals surface area contributed by atoms with Gasteiger partial charge in [-0.25, -0.2) is 0 Å². The molecule has 0 aromatic carbocycles. The molecule has 0 atom stereocenters. The molecule has 0 radical (unpaired) electrons. The van der Waals surface area contributed by atoms with E-state index in [0.29, 0.717) is 36.9 Å². The molecule has 16 heavy (non-hydrogen) atoms. The fourth-order valence-electron chi connectivity index (χ4n) is 1.76. The molecule has 0 amide bonds. The molecule has 0 spiro atoms. The second-order valence-electron chi connectivity index (χ2n) is 4.01. The lowest BCUT2D eigenvalue weighted by Gasteiger charge is -2.20. The Kier molecular flexibility index (Phi) is 3.66. The Bertz CT molecular complexity index is 352. The predicted molar refractivity (Wildman–Crippen MR) is 55.7 cm³/mol. The van der Waals surface area contributed by atoms with E-state index in [1.54, 1.807) is 0 Å². The summed E-state index contributed by atoms with van der Waals surface area (Å²) in [5.41, 5.74) is 0. The van der Waals surface area contributed by atoms with E-state index >= 15 is 0 Å². The van der Waals surface area contributed by atoms with Crippen LogP contribution in [-0.4, -0.2) is 22.0 Å². The largest absolute Gasteiger partial charge is 0.370 e. The van der Waals surface area contributed by atoms with Crippen molar-refractivity contribution in [3.63, 3.8) is 0 Å². The predicted octanol–water partition coefficient (Wildman–Crippen LogP) is 1.66. The molecule has 1 heterocycles. The van der Waals surface area contributed by atoms with Crippen LogP contribution in [-0.2, 0) is 22.6 Å². The summed E-state index contributed by atoms with van der Waals surface area (Å²) in [5.74, 6) is 1.57. The maximum atomic E-state index is 11.0. The minimum atomic E-state index is 0.168. The zero-order valence-corrected chi connectivity index (χ0v) is 9.44. The summed E-state index contributed by atoms with van der Waals surface area (Å²) in [4.78, 5) is 15.2. The lowest BCUT2D eigenvalue weighted by Crippen LogP contribution is -2.21. The fourth-order valence-corrected chi connectivity index (χ4v) is 1.76. The maximum Gasteiger partial charge on any atom is 0.226 e. The van der Waals surface area contributed by atoms with Gasteiger partial charge in [0.1, 0.15) is 12.4 Å². The topological polar surface area (TPSA) is 65.2 Å². The molecular weight excluding hydrogens is 208 g/mol. The van der Waals surface area contributed by atoms with Crippen molar-refractivity contribution in [1.29, 1.82) is 0 Å². The minimum absolute atomic E-state index is 0.168. The molecule has 0 saturated heterocycles. The maximum absolute atomic E-state index is 11.0.